The summed E-state index contributed by atoms with van der Waals surface area (Å²) in [7, 11) is 0. The van der Waals surface area contributed by atoms with Crippen LogP contribution in [0.5, 0.6) is 0 Å². The van der Waals surface area contributed by atoms with E-state index >= 15 is 0 Å². The molecule has 0 bridgehead atoms. The number of hydrogen-bond donors (Lipinski definition) is 0. The van der Waals surface area contributed by atoms with Crippen LogP contribution >= 0.6 is 0 Å². The van der Waals surface area contributed by atoms with Crippen molar-refractivity contribution in [3.8, 4) is 0 Å². The van der Waals surface area contributed by atoms with E-state index in [9.17, 15) is 4.79 Å². The standard InChI is InChI=1S/C20H31N5O2/c1-2-11-25-18(19(26)23-12-5-6-13-23)21-22-20(25)24-14-9-17(10-15-24)27-16-7-3-4-8-16/h2,16-17H,1,3-15H2. The van der Waals surface area contributed by atoms with Crippen molar-refractivity contribution in [3.63, 3.8) is 0 Å². The van der Waals surface area contributed by atoms with Crippen molar-refractivity contribution < 1.29 is 9.53 Å². The zero-order chi connectivity index (χ0) is 18.6. The molecule has 27 heavy (non-hydrogen) atoms. The third kappa shape index (κ3) is 4.03. The highest BCUT2D eigenvalue weighted by molar-refractivity contribution is 5.91. The van der Waals surface area contributed by atoms with Gasteiger partial charge in [-0.2, -0.15) is 0 Å². The van der Waals surface area contributed by atoms with Crippen LogP contribution in [0.4, 0.5) is 5.95 Å². The monoisotopic (exact) mass is 373 g/mol. The van der Waals surface area contributed by atoms with Gasteiger partial charge in [-0.15, -0.1) is 16.8 Å². The summed E-state index contributed by atoms with van der Waals surface area (Å²) in [6.07, 6.45) is 11.8. The first kappa shape index (κ1) is 18.5. The number of carbonyl (C=O) groups is 1. The van der Waals surface area contributed by atoms with Crippen LogP contribution in [0.25, 0.3) is 0 Å². The highest BCUT2D eigenvalue weighted by Gasteiger charge is 2.30. The summed E-state index contributed by atoms with van der Waals surface area (Å²) in [5.41, 5.74) is 0. The van der Waals surface area contributed by atoms with Gasteiger partial charge in [0.25, 0.3) is 5.91 Å². The lowest BCUT2D eigenvalue weighted by atomic mass is 10.1. The van der Waals surface area contributed by atoms with Gasteiger partial charge in [0.2, 0.25) is 11.8 Å². The van der Waals surface area contributed by atoms with Crippen LogP contribution in [0.3, 0.4) is 0 Å². The van der Waals surface area contributed by atoms with Gasteiger partial charge in [0.15, 0.2) is 0 Å². The Morgan fingerprint density at radius 3 is 2.33 bits per heavy atom. The first-order valence-corrected chi connectivity index (χ1v) is 10.5. The highest BCUT2D eigenvalue weighted by Crippen LogP contribution is 2.27. The van der Waals surface area contributed by atoms with E-state index in [1.165, 1.54) is 25.7 Å². The lowest BCUT2D eigenvalue weighted by Crippen LogP contribution is -2.40. The van der Waals surface area contributed by atoms with E-state index in [1.54, 1.807) is 0 Å². The molecule has 3 heterocycles. The van der Waals surface area contributed by atoms with Gasteiger partial charge in [0.05, 0.1) is 12.2 Å². The third-order valence-corrected chi connectivity index (χ3v) is 6.04. The van der Waals surface area contributed by atoms with E-state index in [4.69, 9.17) is 4.74 Å². The molecule has 1 aromatic rings. The van der Waals surface area contributed by atoms with Crippen molar-refractivity contribution in [1.82, 2.24) is 19.7 Å². The normalized spacial score (nSPS) is 21.9. The average molecular weight is 374 g/mol. The summed E-state index contributed by atoms with van der Waals surface area (Å²) in [6, 6.07) is 0. The molecular weight excluding hydrogens is 342 g/mol. The maximum Gasteiger partial charge on any atom is 0.291 e. The summed E-state index contributed by atoms with van der Waals surface area (Å²) in [5.74, 6) is 1.22. The predicted molar refractivity (Wildman–Crippen MR) is 104 cm³/mol. The Balaban J connectivity index is 1.42. The van der Waals surface area contributed by atoms with Crippen LogP contribution in [0.15, 0.2) is 12.7 Å². The Kier molecular flexibility index (Phi) is 5.76. The molecule has 7 nitrogen and oxygen atoms in total. The summed E-state index contributed by atoms with van der Waals surface area (Å²) in [6.45, 7) is 7.82. The molecule has 0 N–H and O–H groups in total. The predicted octanol–water partition coefficient (Wildman–Crippen LogP) is 2.63. The molecule has 7 heteroatoms. The number of aromatic nitrogens is 3. The molecule has 0 spiro atoms. The zero-order valence-corrected chi connectivity index (χ0v) is 16.2. The molecule has 1 aliphatic carbocycles. The van der Waals surface area contributed by atoms with Crippen LogP contribution in [0.2, 0.25) is 0 Å². The second-order valence-corrected chi connectivity index (χ2v) is 7.95. The molecule has 1 saturated carbocycles. The maximum atomic E-state index is 12.8. The molecule has 0 radical (unpaired) electrons. The summed E-state index contributed by atoms with van der Waals surface area (Å²) in [4.78, 5) is 16.9. The molecule has 1 amide bonds. The summed E-state index contributed by atoms with van der Waals surface area (Å²) in [5, 5.41) is 8.64. The number of carbonyl (C=O) groups excluding carboxylic acids is 1. The molecule has 0 aromatic carbocycles. The van der Waals surface area contributed by atoms with Crippen molar-refractivity contribution in [2.75, 3.05) is 31.1 Å². The Morgan fingerprint density at radius 1 is 1.00 bits per heavy atom. The van der Waals surface area contributed by atoms with E-state index in [2.05, 4.69) is 21.7 Å². The molecule has 0 unspecified atom stereocenters. The number of allylic oxidation sites excluding steroid dienone is 1. The maximum absolute atomic E-state index is 12.8. The van der Waals surface area contributed by atoms with E-state index in [0.717, 1.165) is 57.8 Å². The van der Waals surface area contributed by atoms with Crippen LogP contribution in [-0.2, 0) is 11.3 Å². The first-order chi connectivity index (χ1) is 13.3. The Bertz CT molecular complexity index is 653. The van der Waals surface area contributed by atoms with Crippen LogP contribution in [0.1, 0.15) is 62.0 Å². The van der Waals surface area contributed by atoms with E-state index in [-0.39, 0.29) is 5.91 Å². The Labute approximate surface area is 161 Å². The van der Waals surface area contributed by atoms with E-state index in [1.807, 2.05) is 15.5 Å². The average Bonchev–Trinajstić information content (AvgIpc) is 3.44. The number of ether oxygens (including phenoxy) is 1. The number of anilines is 1. The van der Waals surface area contributed by atoms with Gasteiger partial charge in [-0.1, -0.05) is 18.9 Å². The van der Waals surface area contributed by atoms with Gasteiger partial charge < -0.3 is 14.5 Å². The Morgan fingerprint density at radius 2 is 1.67 bits per heavy atom. The quantitative estimate of drug-likeness (QED) is 0.717. The van der Waals surface area contributed by atoms with Crippen molar-refractivity contribution in [3.05, 3.63) is 18.5 Å². The first-order valence-electron chi connectivity index (χ1n) is 10.5. The van der Waals surface area contributed by atoms with Gasteiger partial charge >= 0.3 is 0 Å². The topological polar surface area (TPSA) is 63.5 Å². The lowest BCUT2D eigenvalue weighted by molar-refractivity contribution is -0.0196. The summed E-state index contributed by atoms with van der Waals surface area (Å²) >= 11 is 0. The highest BCUT2D eigenvalue weighted by atomic mass is 16.5. The molecule has 1 aromatic heterocycles. The third-order valence-electron chi connectivity index (χ3n) is 6.04. The Hall–Kier alpha value is -1.89. The second kappa shape index (κ2) is 8.42. The second-order valence-electron chi connectivity index (χ2n) is 7.95. The largest absolute Gasteiger partial charge is 0.375 e. The minimum absolute atomic E-state index is 0.00690. The molecule has 2 saturated heterocycles. The minimum Gasteiger partial charge on any atom is -0.375 e. The number of amides is 1. The van der Waals surface area contributed by atoms with Crippen LogP contribution < -0.4 is 4.90 Å². The number of hydrogen-bond acceptors (Lipinski definition) is 5. The number of piperidine rings is 1. The van der Waals surface area contributed by atoms with E-state index < -0.39 is 0 Å². The van der Waals surface area contributed by atoms with Crippen LogP contribution in [0, 0.1) is 0 Å². The fourth-order valence-corrected chi connectivity index (χ4v) is 4.53. The molecule has 0 atom stereocenters. The van der Waals surface area contributed by atoms with Gasteiger partial charge in [0, 0.05) is 32.7 Å². The number of rotatable bonds is 6. The van der Waals surface area contributed by atoms with Gasteiger partial charge in [-0.3, -0.25) is 9.36 Å². The minimum atomic E-state index is -0.00690. The molecular formula is C20H31N5O2. The van der Waals surface area contributed by atoms with Crippen molar-refractivity contribution in [2.45, 2.75) is 70.1 Å². The molecule has 3 fully saturated rings. The van der Waals surface area contributed by atoms with Gasteiger partial charge in [0.1, 0.15) is 0 Å². The van der Waals surface area contributed by atoms with E-state index in [0.29, 0.717) is 24.6 Å². The van der Waals surface area contributed by atoms with Crippen LogP contribution in [-0.4, -0.2) is 64.0 Å². The molecule has 4 rings (SSSR count). The fourth-order valence-electron chi connectivity index (χ4n) is 4.53. The smallest absolute Gasteiger partial charge is 0.291 e. The number of likely N-dealkylation sites (tertiary alicyclic amines) is 1. The molecule has 3 aliphatic rings. The zero-order valence-electron chi connectivity index (χ0n) is 16.2. The van der Waals surface area contributed by atoms with Gasteiger partial charge in [-0.05, 0) is 38.5 Å². The lowest BCUT2D eigenvalue weighted by Gasteiger charge is -2.33. The SMILES string of the molecule is C=CCn1c(C(=O)N2CCCC2)nnc1N1CCC(OC2CCCC2)CC1. The molecule has 2 aliphatic heterocycles. The van der Waals surface area contributed by atoms with Gasteiger partial charge in [-0.25, -0.2) is 0 Å². The molecule has 148 valence electrons. The van der Waals surface area contributed by atoms with Crippen molar-refractivity contribution >= 4 is 11.9 Å². The summed E-state index contributed by atoms with van der Waals surface area (Å²) < 4.78 is 8.20. The van der Waals surface area contributed by atoms with Crippen molar-refractivity contribution in [2.24, 2.45) is 0 Å². The fraction of sp³-hybridized carbons (Fsp3) is 0.750. The van der Waals surface area contributed by atoms with Crippen molar-refractivity contribution in [1.29, 1.82) is 0 Å². The number of nitrogens with zero attached hydrogens (tertiary/aromatic N) is 5.